The molecule has 1 nitrogen and oxygen atoms in total. The van der Waals surface area contributed by atoms with Gasteiger partial charge in [0.25, 0.3) is 0 Å². The van der Waals surface area contributed by atoms with Gasteiger partial charge in [-0.25, -0.2) is 4.98 Å². The van der Waals surface area contributed by atoms with E-state index in [0.717, 1.165) is 18.4 Å². The van der Waals surface area contributed by atoms with Crippen molar-refractivity contribution in [2.45, 2.75) is 12.8 Å². The van der Waals surface area contributed by atoms with Crippen LogP contribution in [0.5, 0.6) is 0 Å². The molecule has 11 heavy (non-hydrogen) atoms. The van der Waals surface area contributed by atoms with E-state index >= 15 is 0 Å². The number of halogens is 2. The van der Waals surface area contributed by atoms with Gasteiger partial charge in [-0.05, 0) is 30.5 Å². The molecule has 1 aromatic heterocycles. The Kier molecular flexibility index (Phi) is 3.16. The van der Waals surface area contributed by atoms with E-state index in [9.17, 15) is 0 Å². The Hall–Kier alpha value is -0.270. The van der Waals surface area contributed by atoms with Crippen LogP contribution in [-0.4, -0.2) is 4.98 Å². The highest BCUT2D eigenvalue weighted by Gasteiger charge is 1.97. The maximum Gasteiger partial charge on any atom is 0.131 e. The number of hydrogen-bond donors (Lipinski definition) is 0. The van der Waals surface area contributed by atoms with Gasteiger partial charge in [0.15, 0.2) is 0 Å². The van der Waals surface area contributed by atoms with Gasteiger partial charge in [-0.3, -0.25) is 0 Å². The molecule has 1 rings (SSSR count). The monoisotopic (exact) mass is 188 g/mol. The molecule has 0 atom stereocenters. The Morgan fingerprint density at radius 3 is 2.27 bits per heavy atom. The van der Waals surface area contributed by atoms with Crippen LogP contribution >= 0.6 is 23.2 Å². The van der Waals surface area contributed by atoms with Crippen molar-refractivity contribution in [3.8, 4) is 0 Å². The smallest absolute Gasteiger partial charge is 0.131 e. The molecule has 3 heteroatoms. The molecule has 0 aliphatic heterocycles. The minimum Gasteiger partial charge on any atom is -0.224 e. The quantitative estimate of drug-likeness (QED) is 0.651. The van der Waals surface area contributed by atoms with Gasteiger partial charge < -0.3 is 0 Å². The molecule has 0 aliphatic carbocycles. The van der Waals surface area contributed by atoms with Crippen molar-refractivity contribution in [2.75, 3.05) is 0 Å². The molecule has 0 fully saturated rings. The molecule has 0 aromatic carbocycles. The first-order chi connectivity index (χ1) is 5.22. The highest BCUT2D eigenvalue weighted by atomic mass is 35.5. The molecule has 59 valence electrons. The van der Waals surface area contributed by atoms with Crippen LogP contribution in [0.2, 0.25) is 10.3 Å². The Bertz CT molecular complexity index is 228. The highest BCUT2D eigenvalue weighted by molar-refractivity contribution is 6.32. The fourth-order valence-electron chi connectivity index (χ4n) is 0.863. The zero-order valence-electron chi connectivity index (χ0n) is 5.98. The van der Waals surface area contributed by atoms with E-state index in [2.05, 4.69) is 11.9 Å². The van der Waals surface area contributed by atoms with Gasteiger partial charge in [-0.15, -0.1) is 0 Å². The summed E-state index contributed by atoms with van der Waals surface area (Å²) >= 11 is 11.3. The van der Waals surface area contributed by atoms with Crippen molar-refractivity contribution in [1.82, 2.24) is 4.98 Å². The fraction of sp³-hybridized carbons (Fsp3) is 0.250. The van der Waals surface area contributed by atoms with Gasteiger partial charge in [-0.2, -0.15) is 0 Å². The predicted octanol–water partition coefficient (Wildman–Crippen LogP) is 3.16. The minimum absolute atomic E-state index is 0.445. The topological polar surface area (TPSA) is 12.9 Å². The summed E-state index contributed by atoms with van der Waals surface area (Å²) in [5, 5.41) is 0.891. The average molecular weight is 189 g/mol. The summed E-state index contributed by atoms with van der Waals surface area (Å²) in [5.74, 6) is 0. The van der Waals surface area contributed by atoms with Gasteiger partial charge in [-0.1, -0.05) is 30.1 Å². The molecule has 0 bridgehead atoms. The Balaban J connectivity index is 2.89. The highest BCUT2D eigenvalue weighted by Crippen LogP contribution is 2.15. The molecule has 0 spiro atoms. The Morgan fingerprint density at radius 2 is 1.82 bits per heavy atom. The molecule has 0 saturated carbocycles. The summed E-state index contributed by atoms with van der Waals surface area (Å²) < 4.78 is 0. The van der Waals surface area contributed by atoms with Crippen molar-refractivity contribution in [2.24, 2.45) is 0 Å². The normalized spacial score (nSPS) is 10.1. The summed E-state index contributed by atoms with van der Waals surface area (Å²) in [6, 6.07) is 3.61. The van der Waals surface area contributed by atoms with Gasteiger partial charge in [0.2, 0.25) is 0 Å². The first-order valence-corrected chi connectivity index (χ1v) is 4.09. The average Bonchev–Trinajstić information content (AvgIpc) is 1.85. The second kappa shape index (κ2) is 3.93. The van der Waals surface area contributed by atoms with Crippen molar-refractivity contribution in [3.05, 3.63) is 34.9 Å². The van der Waals surface area contributed by atoms with Crippen LogP contribution in [0.15, 0.2) is 12.1 Å². The van der Waals surface area contributed by atoms with Gasteiger partial charge in [0.05, 0.1) is 0 Å². The zero-order chi connectivity index (χ0) is 8.27. The molecule has 0 N–H and O–H groups in total. The Morgan fingerprint density at radius 1 is 1.27 bits per heavy atom. The first kappa shape index (κ1) is 8.82. The zero-order valence-corrected chi connectivity index (χ0v) is 7.49. The summed E-state index contributed by atoms with van der Waals surface area (Å²) in [6.07, 6.45) is 1.73. The van der Waals surface area contributed by atoms with Crippen LogP contribution in [0.4, 0.5) is 0 Å². The number of aryl methyl sites for hydroxylation is 1. The third-order valence-corrected chi connectivity index (χ3v) is 1.68. The molecule has 1 aromatic rings. The standard InChI is InChI=1S/C8H8Cl2N/c1-2-3-6-4-7(9)11-8(10)5-6/h4-5H,1-3H2. The summed E-state index contributed by atoms with van der Waals surface area (Å²) in [7, 11) is 0. The lowest BCUT2D eigenvalue weighted by Crippen LogP contribution is -1.85. The Labute approximate surface area is 76.4 Å². The molecular formula is C8H8Cl2N. The van der Waals surface area contributed by atoms with Crippen LogP contribution in [0.3, 0.4) is 0 Å². The molecule has 0 aliphatic rings. The van der Waals surface area contributed by atoms with Crippen molar-refractivity contribution >= 4 is 23.2 Å². The van der Waals surface area contributed by atoms with Crippen LogP contribution in [0.25, 0.3) is 0 Å². The number of pyridine rings is 1. The van der Waals surface area contributed by atoms with Crippen LogP contribution < -0.4 is 0 Å². The maximum absolute atomic E-state index is 5.67. The van der Waals surface area contributed by atoms with E-state index in [-0.39, 0.29) is 0 Å². The number of aromatic nitrogens is 1. The van der Waals surface area contributed by atoms with Crippen molar-refractivity contribution in [1.29, 1.82) is 0 Å². The van der Waals surface area contributed by atoms with E-state index in [1.807, 2.05) is 0 Å². The second-order valence-corrected chi connectivity index (χ2v) is 3.00. The largest absolute Gasteiger partial charge is 0.224 e. The lowest BCUT2D eigenvalue weighted by Gasteiger charge is -1.98. The van der Waals surface area contributed by atoms with E-state index < -0.39 is 0 Å². The molecule has 1 radical (unpaired) electrons. The number of nitrogens with zero attached hydrogens (tertiary/aromatic N) is 1. The van der Waals surface area contributed by atoms with E-state index in [4.69, 9.17) is 23.2 Å². The third-order valence-electron chi connectivity index (χ3n) is 1.29. The molecule has 0 amide bonds. The lowest BCUT2D eigenvalue weighted by atomic mass is 10.2. The SMILES string of the molecule is [CH2]CCc1cc(Cl)nc(Cl)c1. The lowest BCUT2D eigenvalue weighted by molar-refractivity contribution is 0.993. The predicted molar refractivity (Wildman–Crippen MR) is 47.9 cm³/mol. The second-order valence-electron chi connectivity index (χ2n) is 2.22. The summed E-state index contributed by atoms with van der Waals surface area (Å²) in [6.45, 7) is 3.73. The van der Waals surface area contributed by atoms with Crippen LogP contribution in [-0.2, 0) is 6.42 Å². The van der Waals surface area contributed by atoms with Crippen molar-refractivity contribution in [3.63, 3.8) is 0 Å². The third kappa shape index (κ3) is 2.68. The fourth-order valence-corrected chi connectivity index (χ4v) is 1.37. The van der Waals surface area contributed by atoms with E-state index in [1.54, 1.807) is 12.1 Å². The van der Waals surface area contributed by atoms with E-state index in [0.29, 0.717) is 10.3 Å². The van der Waals surface area contributed by atoms with Gasteiger partial charge in [0.1, 0.15) is 10.3 Å². The van der Waals surface area contributed by atoms with Crippen molar-refractivity contribution < 1.29 is 0 Å². The molecular weight excluding hydrogens is 181 g/mol. The molecule has 1 heterocycles. The summed E-state index contributed by atoms with van der Waals surface area (Å²) in [4.78, 5) is 3.83. The van der Waals surface area contributed by atoms with Gasteiger partial charge >= 0.3 is 0 Å². The van der Waals surface area contributed by atoms with Crippen LogP contribution in [0, 0.1) is 6.92 Å². The molecule has 0 saturated heterocycles. The first-order valence-electron chi connectivity index (χ1n) is 3.33. The van der Waals surface area contributed by atoms with E-state index in [1.165, 1.54) is 0 Å². The molecule has 0 unspecified atom stereocenters. The number of rotatable bonds is 2. The summed E-state index contributed by atoms with van der Waals surface area (Å²) in [5.41, 5.74) is 1.09. The minimum atomic E-state index is 0.445. The number of hydrogen-bond acceptors (Lipinski definition) is 1. The maximum atomic E-state index is 5.67. The van der Waals surface area contributed by atoms with Crippen LogP contribution in [0.1, 0.15) is 12.0 Å². The van der Waals surface area contributed by atoms with Gasteiger partial charge in [0, 0.05) is 0 Å².